The van der Waals surface area contributed by atoms with E-state index in [9.17, 15) is 0 Å². The Bertz CT molecular complexity index is 264. The minimum Gasteiger partial charge on any atom is -0.356 e. The van der Waals surface area contributed by atoms with Gasteiger partial charge in [-0.1, -0.05) is 78.6 Å². The summed E-state index contributed by atoms with van der Waals surface area (Å²) in [5.41, 5.74) is 0. The molecule has 1 rings (SSSR count). The molecule has 1 aliphatic rings. The lowest BCUT2D eigenvalue weighted by Gasteiger charge is -2.33. The summed E-state index contributed by atoms with van der Waals surface area (Å²) in [5.74, 6) is 0. The van der Waals surface area contributed by atoms with E-state index >= 15 is 0 Å². The quantitative estimate of drug-likeness (QED) is 0.316. The van der Waals surface area contributed by atoms with Crippen molar-refractivity contribution in [3.63, 3.8) is 0 Å². The highest BCUT2D eigenvalue weighted by atomic mass is 15.4. The van der Waals surface area contributed by atoms with E-state index in [-0.39, 0.29) is 0 Å². The van der Waals surface area contributed by atoms with Gasteiger partial charge in [-0.05, 0) is 25.7 Å². The summed E-state index contributed by atoms with van der Waals surface area (Å²) < 4.78 is 0. The Balaban J connectivity index is 2.29. The predicted molar refractivity (Wildman–Crippen MR) is 103 cm³/mol. The molecule has 0 aromatic carbocycles. The topological polar surface area (TPSA) is 6.48 Å². The first-order valence-corrected chi connectivity index (χ1v) is 10.5. The van der Waals surface area contributed by atoms with E-state index in [4.69, 9.17) is 0 Å². The van der Waals surface area contributed by atoms with Gasteiger partial charge in [-0.25, -0.2) is 0 Å². The Morgan fingerprint density at radius 2 is 1.00 bits per heavy atom. The predicted octanol–water partition coefficient (Wildman–Crippen LogP) is 6.53. The first-order chi connectivity index (χ1) is 11.3. The van der Waals surface area contributed by atoms with E-state index < -0.39 is 0 Å². The highest BCUT2D eigenvalue weighted by Crippen LogP contribution is 2.22. The molecule has 0 amide bonds. The molecule has 0 aromatic rings. The van der Waals surface area contributed by atoms with Gasteiger partial charge >= 0.3 is 0 Å². The van der Waals surface area contributed by atoms with E-state index in [1.807, 2.05) is 0 Å². The Morgan fingerprint density at radius 1 is 0.565 bits per heavy atom. The molecule has 1 heterocycles. The molecular weight excluding hydrogens is 280 g/mol. The smallest absolute Gasteiger partial charge is 0.101 e. The van der Waals surface area contributed by atoms with Gasteiger partial charge in [0.05, 0.1) is 0 Å². The standard InChI is InChI=1S/C21H42N2/c1-4-7-10-12-14-17-22-19-20-23(21(22)16-9-6-3)18-15-13-11-8-5-2/h19-21H,4-18H2,1-3H3. The molecule has 0 saturated heterocycles. The van der Waals surface area contributed by atoms with Crippen LogP contribution in [0.3, 0.4) is 0 Å². The molecule has 2 heteroatoms. The zero-order chi connectivity index (χ0) is 16.8. The van der Waals surface area contributed by atoms with Crippen LogP contribution in [0, 0.1) is 0 Å². The van der Waals surface area contributed by atoms with Crippen molar-refractivity contribution in [3.05, 3.63) is 12.4 Å². The summed E-state index contributed by atoms with van der Waals surface area (Å²) in [4.78, 5) is 5.24. The van der Waals surface area contributed by atoms with Crippen molar-refractivity contribution in [3.8, 4) is 0 Å². The lowest BCUT2D eigenvalue weighted by Crippen LogP contribution is -2.39. The molecule has 136 valence electrons. The van der Waals surface area contributed by atoms with Crippen LogP contribution < -0.4 is 0 Å². The van der Waals surface area contributed by atoms with Crippen LogP contribution in [0.1, 0.15) is 104 Å². The van der Waals surface area contributed by atoms with Crippen molar-refractivity contribution in [1.82, 2.24) is 9.80 Å². The first-order valence-electron chi connectivity index (χ1n) is 10.5. The fourth-order valence-corrected chi connectivity index (χ4v) is 3.52. The Labute approximate surface area is 146 Å². The van der Waals surface area contributed by atoms with Crippen molar-refractivity contribution in [2.24, 2.45) is 0 Å². The summed E-state index contributed by atoms with van der Waals surface area (Å²) in [5, 5.41) is 0. The van der Waals surface area contributed by atoms with E-state index in [0.29, 0.717) is 6.17 Å². The van der Waals surface area contributed by atoms with E-state index in [2.05, 4.69) is 43.0 Å². The summed E-state index contributed by atoms with van der Waals surface area (Å²) in [6.07, 6.45) is 23.2. The zero-order valence-electron chi connectivity index (χ0n) is 16.2. The highest BCUT2D eigenvalue weighted by Gasteiger charge is 2.24. The molecule has 1 aliphatic heterocycles. The molecule has 0 aliphatic carbocycles. The van der Waals surface area contributed by atoms with Gasteiger partial charge in [-0.2, -0.15) is 0 Å². The van der Waals surface area contributed by atoms with Crippen molar-refractivity contribution in [1.29, 1.82) is 0 Å². The molecule has 0 N–H and O–H groups in total. The molecule has 0 radical (unpaired) electrons. The van der Waals surface area contributed by atoms with Crippen LogP contribution in [-0.4, -0.2) is 29.1 Å². The maximum Gasteiger partial charge on any atom is 0.101 e. The Morgan fingerprint density at radius 3 is 1.43 bits per heavy atom. The molecule has 0 fully saturated rings. The second-order valence-corrected chi connectivity index (χ2v) is 7.23. The van der Waals surface area contributed by atoms with Gasteiger partial charge in [-0.15, -0.1) is 0 Å². The molecular formula is C21H42N2. The molecule has 0 saturated carbocycles. The van der Waals surface area contributed by atoms with Crippen LogP contribution in [0.15, 0.2) is 12.4 Å². The average Bonchev–Trinajstić information content (AvgIpc) is 2.94. The molecule has 0 unspecified atom stereocenters. The van der Waals surface area contributed by atoms with Crippen LogP contribution in [0.2, 0.25) is 0 Å². The van der Waals surface area contributed by atoms with Gasteiger partial charge in [-0.3, -0.25) is 0 Å². The molecule has 0 bridgehead atoms. The maximum atomic E-state index is 2.62. The van der Waals surface area contributed by atoms with Crippen LogP contribution in [-0.2, 0) is 0 Å². The molecule has 0 atom stereocenters. The van der Waals surface area contributed by atoms with E-state index in [0.717, 1.165) is 0 Å². The van der Waals surface area contributed by atoms with Crippen molar-refractivity contribution in [2.45, 2.75) is 110 Å². The lowest BCUT2D eigenvalue weighted by molar-refractivity contribution is 0.136. The fraction of sp³-hybridized carbons (Fsp3) is 0.905. The zero-order valence-corrected chi connectivity index (χ0v) is 16.2. The largest absolute Gasteiger partial charge is 0.356 e. The fourth-order valence-electron chi connectivity index (χ4n) is 3.52. The summed E-state index contributed by atoms with van der Waals surface area (Å²) in [6, 6.07) is 0. The lowest BCUT2D eigenvalue weighted by atomic mass is 10.1. The van der Waals surface area contributed by atoms with Crippen LogP contribution in [0.25, 0.3) is 0 Å². The van der Waals surface area contributed by atoms with Gasteiger partial charge in [0, 0.05) is 25.5 Å². The Hall–Kier alpha value is -0.660. The monoisotopic (exact) mass is 322 g/mol. The minimum atomic E-state index is 0.646. The third-order valence-electron chi connectivity index (χ3n) is 5.07. The van der Waals surface area contributed by atoms with Crippen molar-refractivity contribution < 1.29 is 0 Å². The Kier molecular flexibility index (Phi) is 12.2. The summed E-state index contributed by atoms with van der Waals surface area (Å²) >= 11 is 0. The maximum absolute atomic E-state index is 2.62. The van der Waals surface area contributed by atoms with Gasteiger partial charge in [0.15, 0.2) is 0 Å². The van der Waals surface area contributed by atoms with Gasteiger partial charge in [0.2, 0.25) is 0 Å². The molecule has 2 nitrogen and oxygen atoms in total. The minimum absolute atomic E-state index is 0.646. The van der Waals surface area contributed by atoms with Crippen molar-refractivity contribution in [2.75, 3.05) is 13.1 Å². The molecule has 0 aromatic heterocycles. The summed E-state index contributed by atoms with van der Waals surface area (Å²) in [6.45, 7) is 9.40. The highest BCUT2D eigenvalue weighted by molar-refractivity contribution is 4.96. The summed E-state index contributed by atoms with van der Waals surface area (Å²) in [7, 11) is 0. The van der Waals surface area contributed by atoms with Crippen LogP contribution >= 0.6 is 0 Å². The normalized spacial score (nSPS) is 15.1. The third-order valence-corrected chi connectivity index (χ3v) is 5.07. The van der Waals surface area contributed by atoms with E-state index in [1.54, 1.807) is 0 Å². The number of hydrogen-bond donors (Lipinski definition) is 0. The number of hydrogen-bond acceptors (Lipinski definition) is 2. The second-order valence-electron chi connectivity index (χ2n) is 7.23. The van der Waals surface area contributed by atoms with Gasteiger partial charge < -0.3 is 9.80 Å². The van der Waals surface area contributed by atoms with Crippen LogP contribution in [0.5, 0.6) is 0 Å². The molecule has 0 spiro atoms. The third kappa shape index (κ3) is 8.67. The first kappa shape index (κ1) is 20.4. The second kappa shape index (κ2) is 13.7. The van der Waals surface area contributed by atoms with Gasteiger partial charge in [0.1, 0.15) is 6.17 Å². The number of nitrogens with zero attached hydrogens (tertiary/aromatic N) is 2. The van der Waals surface area contributed by atoms with Gasteiger partial charge in [0.25, 0.3) is 0 Å². The number of unbranched alkanes of at least 4 members (excludes halogenated alkanes) is 9. The number of rotatable bonds is 15. The SMILES string of the molecule is CCCCCCCN1C=CN(CCCCCCC)C1CCCC. The van der Waals surface area contributed by atoms with Crippen LogP contribution in [0.4, 0.5) is 0 Å². The van der Waals surface area contributed by atoms with E-state index in [1.165, 1.54) is 96.6 Å². The average molecular weight is 323 g/mol. The van der Waals surface area contributed by atoms with Crippen molar-refractivity contribution >= 4 is 0 Å². The molecule has 23 heavy (non-hydrogen) atoms.